The number of fused-ring (bicyclic) bond motifs is 4. The van der Waals surface area contributed by atoms with Crippen LogP contribution < -0.4 is 35.6 Å². The van der Waals surface area contributed by atoms with E-state index < -0.39 is 12.1 Å². The topological polar surface area (TPSA) is 145 Å². The lowest BCUT2D eigenvalue weighted by atomic mass is 9.95. The fourth-order valence-corrected chi connectivity index (χ4v) is 6.47. The number of nitrogens with one attached hydrogen (secondary N) is 3. The molecule has 0 fully saturated rings. The molecule has 2 heterocycles. The van der Waals surface area contributed by atoms with E-state index in [1.165, 1.54) is 6.92 Å². The smallest absolute Gasteiger partial charge is 0.242 e. The highest BCUT2D eigenvalue weighted by Crippen LogP contribution is 2.50. The second kappa shape index (κ2) is 15.2. The van der Waals surface area contributed by atoms with Crippen LogP contribution in [0.1, 0.15) is 42.8 Å². The van der Waals surface area contributed by atoms with Crippen molar-refractivity contribution in [3.05, 3.63) is 75.8 Å². The number of pyridine rings is 1. The van der Waals surface area contributed by atoms with Crippen LogP contribution in [0.15, 0.2) is 53.5 Å². The molecule has 47 heavy (non-hydrogen) atoms. The van der Waals surface area contributed by atoms with E-state index in [-0.39, 0.29) is 22.9 Å². The molecule has 0 spiro atoms. The first-order valence-electron chi connectivity index (χ1n) is 15.4. The number of rotatable bonds is 13. The maximum absolute atomic E-state index is 13.8. The summed E-state index contributed by atoms with van der Waals surface area (Å²) < 4.78 is 19.1. The Morgan fingerprint density at radius 3 is 2.60 bits per heavy atom. The maximum Gasteiger partial charge on any atom is 0.242 e. The van der Waals surface area contributed by atoms with E-state index >= 15 is 0 Å². The van der Waals surface area contributed by atoms with Crippen LogP contribution in [-0.2, 0) is 22.4 Å². The molecule has 1 aliphatic rings. The normalized spacial score (nSPS) is 14.3. The van der Waals surface area contributed by atoms with E-state index in [4.69, 9.17) is 14.2 Å². The molecule has 0 aliphatic heterocycles. The first-order valence-corrected chi connectivity index (χ1v) is 16.8. The molecule has 0 unspecified atom stereocenters. The van der Waals surface area contributed by atoms with Crippen molar-refractivity contribution in [2.24, 2.45) is 0 Å². The Morgan fingerprint density at radius 1 is 1.06 bits per heavy atom. The van der Waals surface area contributed by atoms with Crippen LogP contribution in [0.5, 0.6) is 17.2 Å². The number of carbonyl (C=O) groups is 2. The number of amides is 2. The number of hydrogen-bond acceptors (Lipinski definition) is 10. The van der Waals surface area contributed by atoms with Crippen molar-refractivity contribution in [3.63, 3.8) is 0 Å². The summed E-state index contributed by atoms with van der Waals surface area (Å²) in [5, 5.41) is 17.7. The van der Waals surface area contributed by atoms with Gasteiger partial charge in [-0.3, -0.25) is 18.8 Å². The van der Waals surface area contributed by atoms with Gasteiger partial charge in [0.1, 0.15) is 11.9 Å². The lowest BCUT2D eigenvalue weighted by molar-refractivity contribution is -0.122. The predicted molar refractivity (Wildman–Crippen MR) is 183 cm³/mol. The number of thioether (sulfide) groups is 1. The zero-order valence-corrected chi connectivity index (χ0v) is 28.0. The average Bonchev–Trinajstić information content (AvgIpc) is 3.34. The van der Waals surface area contributed by atoms with Gasteiger partial charge in [0.2, 0.25) is 23.0 Å². The van der Waals surface area contributed by atoms with Crippen LogP contribution in [0.4, 0.5) is 5.69 Å². The second-order valence-electron chi connectivity index (χ2n) is 11.2. The highest BCUT2D eigenvalue weighted by Gasteiger charge is 2.30. The molecule has 13 heteroatoms. The molecule has 0 saturated heterocycles. The summed E-state index contributed by atoms with van der Waals surface area (Å²) in [6.45, 7) is 1.81. The Bertz CT molecular complexity index is 1830. The van der Waals surface area contributed by atoms with E-state index in [1.807, 2.05) is 47.2 Å². The minimum atomic E-state index is -0.662. The van der Waals surface area contributed by atoms with E-state index in [0.717, 1.165) is 22.6 Å². The summed E-state index contributed by atoms with van der Waals surface area (Å²) in [4.78, 5) is 39.6. The van der Waals surface area contributed by atoms with E-state index in [9.17, 15) is 14.4 Å². The number of anilines is 1. The molecule has 0 bridgehead atoms. The predicted octanol–water partition coefficient (Wildman–Crippen LogP) is 3.80. The summed E-state index contributed by atoms with van der Waals surface area (Å²) in [6, 6.07) is 11.6. The fourth-order valence-electron chi connectivity index (χ4n) is 6.00. The molecule has 3 N–H and O–H groups in total. The van der Waals surface area contributed by atoms with Gasteiger partial charge in [0.25, 0.3) is 0 Å². The van der Waals surface area contributed by atoms with Crippen molar-refractivity contribution in [3.8, 4) is 28.4 Å². The number of benzene rings is 1. The summed E-state index contributed by atoms with van der Waals surface area (Å²) in [5.74, 6) is 2.44. The first kappa shape index (κ1) is 33.6. The Kier molecular flexibility index (Phi) is 10.9. The number of aromatic nitrogens is 3. The number of aryl methyl sites for hydroxylation is 1. The molecule has 248 valence electrons. The number of carbonyl (C=O) groups excluding carboxylic acids is 2. The molecule has 4 aromatic rings. The Balaban J connectivity index is 1.49. The SMILES string of the molecule is COc1cc2c(c(OC)c1OC)-c1ccc(N[C@@H](CCSC)C(=O)NCCc3nnc4ccccn34)c(=O)cc1[C@@H](NC(C)=O)CC2. The van der Waals surface area contributed by atoms with Crippen LogP contribution >= 0.6 is 11.8 Å². The van der Waals surface area contributed by atoms with Gasteiger partial charge in [-0.25, -0.2) is 0 Å². The van der Waals surface area contributed by atoms with Crippen molar-refractivity contribution in [1.82, 2.24) is 25.2 Å². The molecule has 12 nitrogen and oxygen atoms in total. The van der Waals surface area contributed by atoms with Crippen molar-refractivity contribution in [1.29, 1.82) is 0 Å². The van der Waals surface area contributed by atoms with E-state index in [1.54, 1.807) is 45.2 Å². The summed E-state index contributed by atoms with van der Waals surface area (Å²) in [6.07, 6.45) is 5.99. The zero-order chi connectivity index (χ0) is 33.5. The number of ether oxygens (including phenoxy) is 3. The minimum absolute atomic E-state index is 0.209. The highest BCUT2D eigenvalue weighted by atomic mass is 32.2. The largest absolute Gasteiger partial charge is 0.493 e. The fraction of sp³-hybridized carbons (Fsp3) is 0.382. The van der Waals surface area contributed by atoms with Crippen molar-refractivity contribution in [2.45, 2.75) is 44.7 Å². The molecule has 5 rings (SSSR count). The van der Waals surface area contributed by atoms with Crippen molar-refractivity contribution in [2.75, 3.05) is 45.2 Å². The van der Waals surface area contributed by atoms with Crippen LogP contribution in [0, 0.1) is 0 Å². The molecule has 2 amide bonds. The number of hydrogen-bond donors (Lipinski definition) is 3. The number of methoxy groups -OCH3 is 3. The number of nitrogens with zero attached hydrogens (tertiary/aromatic N) is 3. The Hall–Kier alpha value is -4.78. The summed E-state index contributed by atoms with van der Waals surface area (Å²) in [5.41, 5.74) is 3.75. The van der Waals surface area contributed by atoms with Gasteiger partial charge >= 0.3 is 0 Å². The third-order valence-electron chi connectivity index (χ3n) is 8.21. The van der Waals surface area contributed by atoms with Crippen LogP contribution in [-0.4, -0.2) is 72.3 Å². The van der Waals surface area contributed by atoms with E-state index in [0.29, 0.717) is 66.4 Å². The van der Waals surface area contributed by atoms with Gasteiger partial charge < -0.3 is 30.2 Å². The third-order valence-corrected chi connectivity index (χ3v) is 8.85. The Morgan fingerprint density at radius 2 is 1.87 bits per heavy atom. The molecular weight excluding hydrogens is 620 g/mol. The van der Waals surface area contributed by atoms with Crippen LogP contribution in [0.25, 0.3) is 16.8 Å². The second-order valence-corrected chi connectivity index (χ2v) is 12.1. The molecule has 2 aromatic heterocycles. The van der Waals surface area contributed by atoms with Gasteiger partial charge in [-0.05, 0) is 78.3 Å². The van der Waals surface area contributed by atoms with Crippen LogP contribution in [0.3, 0.4) is 0 Å². The molecular formula is C34H40N6O6S. The monoisotopic (exact) mass is 660 g/mol. The molecule has 0 radical (unpaired) electrons. The highest BCUT2D eigenvalue weighted by molar-refractivity contribution is 7.98. The standard InChI is InChI=1S/C34H40N6O6S/c1-20(41)36-24-11-9-21-18-28(44-2)32(45-3)33(46-4)31(21)22-10-12-25(27(42)19-23(22)24)37-26(14-17-47-5)34(43)35-15-13-30-39-38-29-8-6-7-16-40(29)30/h6-8,10,12,16,18-19,24,26H,9,11,13-15,17H2,1-5H3,(H,35,43)(H,36,41)(H,37,42)/t24-,26-/m0/s1. The van der Waals surface area contributed by atoms with Gasteiger partial charge in [-0.1, -0.05) is 12.1 Å². The van der Waals surface area contributed by atoms with Gasteiger partial charge in [0, 0.05) is 31.6 Å². The van der Waals surface area contributed by atoms with Gasteiger partial charge in [0.05, 0.1) is 33.1 Å². The average molecular weight is 661 g/mol. The summed E-state index contributed by atoms with van der Waals surface area (Å²) >= 11 is 1.62. The van der Waals surface area contributed by atoms with Crippen molar-refractivity contribution < 1.29 is 23.8 Å². The minimum Gasteiger partial charge on any atom is -0.493 e. The third kappa shape index (κ3) is 7.30. The lowest BCUT2D eigenvalue weighted by Gasteiger charge is -2.19. The molecule has 2 aromatic carbocycles. The Labute approximate surface area is 277 Å². The van der Waals surface area contributed by atoms with Crippen molar-refractivity contribution >= 4 is 34.9 Å². The quantitative estimate of drug-likeness (QED) is 0.194. The zero-order valence-electron chi connectivity index (χ0n) is 27.2. The maximum atomic E-state index is 13.8. The first-order chi connectivity index (χ1) is 22.8. The van der Waals surface area contributed by atoms with Gasteiger partial charge in [-0.2, -0.15) is 11.8 Å². The van der Waals surface area contributed by atoms with Gasteiger partial charge in [-0.15, -0.1) is 10.2 Å². The molecule has 1 aliphatic carbocycles. The summed E-state index contributed by atoms with van der Waals surface area (Å²) in [7, 11) is 4.67. The molecule has 2 atom stereocenters. The van der Waals surface area contributed by atoms with Crippen LogP contribution in [0.2, 0.25) is 0 Å². The lowest BCUT2D eigenvalue weighted by Crippen LogP contribution is -2.41. The molecule has 0 saturated carbocycles. The van der Waals surface area contributed by atoms with E-state index in [2.05, 4.69) is 26.1 Å². The van der Waals surface area contributed by atoms with Gasteiger partial charge in [0.15, 0.2) is 17.1 Å².